The lowest BCUT2D eigenvalue weighted by molar-refractivity contribution is -0.385. The first-order chi connectivity index (χ1) is 9.54. The maximum atomic E-state index is 11.2. The molecule has 2 rings (SSSR count). The van der Waals surface area contributed by atoms with Gasteiger partial charge in [0.15, 0.2) is 0 Å². The van der Waals surface area contributed by atoms with Crippen molar-refractivity contribution in [2.45, 2.75) is 11.3 Å². The van der Waals surface area contributed by atoms with Gasteiger partial charge in [-0.05, 0) is 11.8 Å². The Hall–Kier alpha value is -1.72. The van der Waals surface area contributed by atoms with Crippen molar-refractivity contribution in [1.82, 2.24) is 0 Å². The summed E-state index contributed by atoms with van der Waals surface area (Å²) in [6.45, 7) is 0. The fourth-order valence-corrected chi connectivity index (χ4v) is 3.14. The van der Waals surface area contributed by atoms with Crippen LogP contribution >= 0.6 is 23.4 Å². The number of nitrogens with zero attached hydrogens (tertiary/aromatic N) is 1. The molecule has 0 atom stereocenters. The topological polar surface area (TPSA) is 69.2 Å². The summed E-state index contributed by atoms with van der Waals surface area (Å²) in [6, 6.07) is 10.9. The van der Waals surface area contributed by atoms with Gasteiger partial charge in [-0.1, -0.05) is 41.9 Å². The van der Waals surface area contributed by atoms with Crippen molar-refractivity contribution in [2.24, 2.45) is 0 Å². The summed E-state index contributed by atoms with van der Waals surface area (Å²) in [5.74, 6) is 0. The summed E-state index contributed by atoms with van der Waals surface area (Å²) in [4.78, 5) is 11.5. The van der Waals surface area contributed by atoms with Gasteiger partial charge in [0.25, 0.3) is 5.69 Å². The van der Waals surface area contributed by atoms with Gasteiger partial charge < -0.3 is 5.73 Å². The largest absolute Gasteiger partial charge is 0.397 e. The van der Waals surface area contributed by atoms with Crippen LogP contribution in [-0.2, 0) is 6.42 Å². The van der Waals surface area contributed by atoms with Crippen LogP contribution in [0.4, 0.5) is 11.4 Å². The van der Waals surface area contributed by atoms with Crippen molar-refractivity contribution in [2.75, 3.05) is 12.0 Å². The highest BCUT2D eigenvalue weighted by Gasteiger charge is 2.22. The number of nitro benzene ring substituents is 1. The van der Waals surface area contributed by atoms with Crippen LogP contribution < -0.4 is 5.73 Å². The number of nitrogen functional groups attached to an aromatic ring is 1. The minimum absolute atomic E-state index is 0.0140. The first-order valence-corrected chi connectivity index (χ1v) is 7.48. The average molecular weight is 309 g/mol. The van der Waals surface area contributed by atoms with Crippen molar-refractivity contribution < 1.29 is 4.92 Å². The van der Waals surface area contributed by atoms with Crippen LogP contribution in [0.15, 0.2) is 41.3 Å². The number of hydrogen-bond acceptors (Lipinski definition) is 4. The monoisotopic (exact) mass is 308 g/mol. The van der Waals surface area contributed by atoms with E-state index in [4.69, 9.17) is 17.3 Å². The van der Waals surface area contributed by atoms with Crippen LogP contribution in [0.3, 0.4) is 0 Å². The average Bonchev–Trinajstić information content (AvgIpc) is 2.44. The van der Waals surface area contributed by atoms with Crippen molar-refractivity contribution in [3.63, 3.8) is 0 Å². The van der Waals surface area contributed by atoms with E-state index < -0.39 is 4.92 Å². The normalized spacial score (nSPS) is 10.5. The van der Waals surface area contributed by atoms with Crippen LogP contribution in [0.25, 0.3) is 0 Å². The molecule has 0 radical (unpaired) electrons. The van der Waals surface area contributed by atoms with Crippen LogP contribution in [0, 0.1) is 10.1 Å². The molecule has 4 nitrogen and oxygen atoms in total. The Labute approximate surface area is 126 Å². The van der Waals surface area contributed by atoms with Crippen LogP contribution in [0.1, 0.15) is 11.1 Å². The number of nitro groups is 1. The van der Waals surface area contributed by atoms with Crippen LogP contribution in [-0.4, -0.2) is 11.2 Å². The molecule has 0 aliphatic heterocycles. The van der Waals surface area contributed by atoms with E-state index in [0.717, 1.165) is 5.56 Å². The number of anilines is 1. The van der Waals surface area contributed by atoms with Gasteiger partial charge in [0.05, 0.1) is 15.6 Å². The maximum absolute atomic E-state index is 11.2. The molecule has 0 amide bonds. The van der Waals surface area contributed by atoms with Gasteiger partial charge in [0, 0.05) is 22.9 Å². The number of benzene rings is 2. The zero-order valence-corrected chi connectivity index (χ0v) is 12.4. The molecule has 2 N–H and O–H groups in total. The van der Waals surface area contributed by atoms with Crippen molar-refractivity contribution in [3.05, 3.63) is 62.7 Å². The predicted molar refractivity (Wildman–Crippen MR) is 83.5 cm³/mol. The van der Waals surface area contributed by atoms with Gasteiger partial charge in [-0.15, -0.1) is 11.8 Å². The lowest BCUT2D eigenvalue weighted by Gasteiger charge is -2.12. The van der Waals surface area contributed by atoms with Crippen molar-refractivity contribution in [3.8, 4) is 0 Å². The summed E-state index contributed by atoms with van der Waals surface area (Å²) in [5, 5.41) is 11.6. The summed E-state index contributed by atoms with van der Waals surface area (Å²) in [7, 11) is 0. The molecule has 0 bridgehead atoms. The first-order valence-electron chi connectivity index (χ1n) is 5.87. The van der Waals surface area contributed by atoms with Gasteiger partial charge in [0.2, 0.25) is 0 Å². The zero-order chi connectivity index (χ0) is 14.7. The Balaban J connectivity index is 2.59. The van der Waals surface area contributed by atoms with Crippen molar-refractivity contribution in [1.29, 1.82) is 0 Å². The molecule has 2 aromatic rings. The molecule has 0 fully saturated rings. The number of halogens is 1. The van der Waals surface area contributed by atoms with Gasteiger partial charge in [-0.2, -0.15) is 0 Å². The number of nitrogens with two attached hydrogens (primary N) is 1. The van der Waals surface area contributed by atoms with E-state index in [1.54, 1.807) is 0 Å². The Bertz CT molecular complexity index is 647. The number of hydrogen-bond donors (Lipinski definition) is 1. The summed E-state index contributed by atoms with van der Waals surface area (Å²) in [5.41, 5.74) is 7.59. The summed E-state index contributed by atoms with van der Waals surface area (Å²) < 4.78 is 0. The molecule has 6 heteroatoms. The van der Waals surface area contributed by atoms with Crippen LogP contribution in [0.5, 0.6) is 0 Å². The van der Waals surface area contributed by atoms with E-state index in [1.807, 2.05) is 36.6 Å². The minimum Gasteiger partial charge on any atom is -0.397 e. The maximum Gasteiger partial charge on any atom is 0.276 e. The van der Waals surface area contributed by atoms with E-state index in [-0.39, 0.29) is 11.4 Å². The molecule has 2 aromatic carbocycles. The van der Waals surface area contributed by atoms with Gasteiger partial charge in [0.1, 0.15) is 0 Å². The lowest BCUT2D eigenvalue weighted by Crippen LogP contribution is -2.02. The molecule has 0 saturated carbocycles. The second-order valence-electron chi connectivity index (χ2n) is 4.23. The van der Waals surface area contributed by atoms with E-state index in [1.165, 1.54) is 17.8 Å². The molecule has 0 aliphatic carbocycles. The van der Waals surface area contributed by atoms with Crippen molar-refractivity contribution >= 4 is 34.7 Å². The number of rotatable bonds is 4. The molecular formula is C14H13ClN2O2S. The van der Waals surface area contributed by atoms with E-state index >= 15 is 0 Å². The molecule has 0 aliphatic rings. The van der Waals surface area contributed by atoms with E-state index in [9.17, 15) is 10.1 Å². The molecule has 104 valence electrons. The molecule has 0 heterocycles. The predicted octanol–water partition coefficient (Wildman–Crippen LogP) is 4.14. The van der Waals surface area contributed by atoms with Gasteiger partial charge in [-0.25, -0.2) is 0 Å². The third kappa shape index (κ3) is 2.89. The number of thioether (sulfide) groups is 1. The quantitative estimate of drug-likeness (QED) is 0.399. The van der Waals surface area contributed by atoms with E-state index in [0.29, 0.717) is 21.9 Å². The summed E-state index contributed by atoms with van der Waals surface area (Å²) >= 11 is 7.54. The highest BCUT2D eigenvalue weighted by atomic mass is 35.5. The Morgan fingerprint density at radius 2 is 2.00 bits per heavy atom. The lowest BCUT2D eigenvalue weighted by atomic mass is 10.0. The smallest absolute Gasteiger partial charge is 0.276 e. The molecule has 0 spiro atoms. The Kier molecular flexibility index (Phi) is 4.52. The first kappa shape index (κ1) is 14.7. The highest BCUT2D eigenvalue weighted by Crippen LogP contribution is 2.40. The fraction of sp³-hybridized carbons (Fsp3) is 0.143. The Morgan fingerprint density at radius 1 is 1.35 bits per heavy atom. The SMILES string of the molecule is CSc1c(Cl)c(N)cc([N+](=O)[O-])c1Cc1ccccc1. The van der Waals surface area contributed by atoms with E-state index in [2.05, 4.69) is 0 Å². The minimum atomic E-state index is -0.412. The Morgan fingerprint density at radius 3 is 2.55 bits per heavy atom. The van der Waals surface area contributed by atoms with Gasteiger partial charge >= 0.3 is 0 Å². The second-order valence-corrected chi connectivity index (χ2v) is 5.42. The summed E-state index contributed by atoms with van der Waals surface area (Å²) in [6.07, 6.45) is 2.28. The fourth-order valence-electron chi connectivity index (χ4n) is 2.02. The standard InChI is InChI=1S/C14H13ClN2O2S/c1-20-14-10(7-9-5-3-2-4-6-9)12(17(18)19)8-11(16)13(14)15/h2-6,8H,7,16H2,1H3. The third-order valence-electron chi connectivity index (χ3n) is 2.95. The van der Waals surface area contributed by atoms with Crippen LogP contribution in [0.2, 0.25) is 5.02 Å². The second kappa shape index (κ2) is 6.15. The molecule has 0 saturated heterocycles. The molecule has 0 aromatic heterocycles. The molecule has 20 heavy (non-hydrogen) atoms. The molecular weight excluding hydrogens is 296 g/mol. The van der Waals surface area contributed by atoms with Gasteiger partial charge in [-0.3, -0.25) is 10.1 Å². The molecule has 0 unspecified atom stereocenters. The highest BCUT2D eigenvalue weighted by molar-refractivity contribution is 7.98. The third-order valence-corrected chi connectivity index (χ3v) is 4.33. The zero-order valence-electron chi connectivity index (χ0n) is 10.8.